The fraction of sp³-hybridized carbons (Fsp3) is 0.143. The van der Waals surface area contributed by atoms with Crippen molar-refractivity contribution in [2.24, 2.45) is 0 Å². The summed E-state index contributed by atoms with van der Waals surface area (Å²) in [5, 5.41) is 0. The van der Waals surface area contributed by atoms with Crippen molar-refractivity contribution in [1.29, 1.82) is 0 Å². The van der Waals surface area contributed by atoms with Gasteiger partial charge < -0.3 is 9.64 Å². The maximum absolute atomic E-state index is 5.83. The van der Waals surface area contributed by atoms with E-state index in [2.05, 4.69) is 11.5 Å². The summed E-state index contributed by atoms with van der Waals surface area (Å²) in [5.41, 5.74) is 2.04. The summed E-state index contributed by atoms with van der Waals surface area (Å²) < 4.78 is 5.83. The van der Waals surface area contributed by atoms with E-state index in [0.29, 0.717) is 0 Å². The molecule has 0 atom stereocenters. The number of benzene rings is 1. The van der Waals surface area contributed by atoms with Gasteiger partial charge in [0.05, 0.1) is 11.4 Å². The lowest BCUT2D eigenvalue weighted by atomic mass is 10.2. The van der Waals surface area contributed by atoms with E-state index in [1.54, 1.807) is 0 Å². The maximum atomic E-state index is 5.83. The van der Waals surface area contributed by atoms with Gasteiger partial charge in [-0.2, -0.15) is 0 Å². The number of ether oxygens (including phenoxy) is 1. The summed E-state index contributed by atoms with van der Waals surface area (Å²) in [6.07, 6.45) is 5.72. The second kappa shape index (κ2) is 4.27. The standard InChI is InChI=1S/C14H15NO/c1-4-8-13-11(5-2)15(3)12-9-6-7-10-14(12)16-13/h4-10H,2H2,1,3H3/b8-4-. The van der Waals surface area contributed by atoms with Gasteiger partial charge in [0.2, 0.25) is 0 Å². The van der Waals surface area contributed by atoms with Gasteiger partial charge in [0.1, 0.15) is 0 Å². The van der Waals surface area contributed by atoms with E-state index in [1.807, 2.05) is 56.5 Å². The van der Waals surface area contributed by atoms with Crippen molar-refractivity contribution >= 4 is 5.69 Å². The van der Waals surface area contributed by atoms with E-state index in [9.17, 15) is 0 Å². The highest BCUT2D eigenvalue weighted by Crippen LogP contribution is 2.36. The SMILES string of the molecule is C=CC1=C(/C=C\C)Oc2ccccc2N1C. The third-order valence-electron chi connectivity index (χ3n) is 2.57. The first kappa shape index (κ1) is 10.6. The Labute approximate surface area is 96.1 Å². The van der Waals surface area contributed by atoms with Crippen molar-refractivity contribution in [3.8, 4) is 5.75 Å². The van der Waals surface area contributed by atoms with E-state index >= 15 is 0 Å². The van der Waals surface area contributed by atoms with Crippen LogP contribution >= 0.6 is 0 Å². The minimum Gasteiger partial charge on any atom is -0.453 e. The van der Waals surface area contributed by atoms with Crippen LogP contribution in [0.1, 0.15) is 6.92 Å². The zero-order valence-electron chi connectivity index (χ0n) is 9.60. The molecule has 0 bridgehead atoms. The highest BCUT2D eigenvalue weighted by atomic mass is 16.5. The Hall–Kier alpha value is -1.96. The predicted molar refractivity (Wildman–Crippen MR) is 67.5 cm³/mol. The van der Waals surface area contributed by atoms with Crippen LogP contribution in [0, 0.1) is 0 Å². The third-order valence-corrected chi connectivity index (χ3v) is 2.57. The Morgan fingerprint density at radius 3 is 2.75 bits per heavy atom. The number of hydrogen-bond acceptors (Lipinski definition) is 2. The number of allylic oxidation sites excluding steroid dienone is 3. The second-order valence-corrected chi connectivity index (χ2v) is 3.58. The van der Waals surface area contributed by atoms with Crippen LogP contribution in [0.15, 0.2) is 60.5 Å². The highest BCUT2D eigenvalue weighted by molar-refractivity contribution is 5.66. The number of fused-ring (bicyclic) bond motifs is 1. The summed E-state index contributed by atoms with van der Waals surface area (Å²) in [4.78, 5) is 2.08. The maximum Gasteiger partial charge on any atom is 0.151 e. The lowest BCUT2D eigenvalue weighted by Crippen LogP contribution is -2.23. The zero-order valence-corrected chi connectivity index (χ0v) is 9.60. The van der Waals surface area contributed by atoms with Gasteiger partial charge in [-0.3, -0.25) is 0 Å². The normalized spacial score (nSPS) is 15.0. The molecule has 0 spiro atoms. The lowest BCUT2D eigenvalue weighted by Gasteiger charge is -2.29. The molecule has 0 saturated carbocycles. The first-order valence-electron chi connectivity index (χ1n) is 5.28. The molecule has 82 valence electrons. The van der Waals surface area contributed by atoms with Gasteiger partial charge in [0, 0.05) is 7.05 Å². The van der Waals surface area contributed by atoms with E-state index in [-0.39, 0.29) is 0 Å². The Bertz CT molecular complexity index is 471. The van der Waals surface area contributed by atoms with Gasteiger partial charge in [-0.05, 0) is 31.2 Å². The molecule has 0 aromatic heterocycles. The third kappa shape index (κ3) is 1.63. The number of nitrogens with zero attached hydrogens (tertiary/aromatic N) is 1. The van der Waals surface area contributed by atoms with Crippen LogP contribution in [-0.4, -0.2) is 7.05 Å². The van der Waals surface area contributed by atoms with Crippen LogP contribution in [0.25, 0.3) is 0 Å². The Morgan fingerprint density at radius 2 is 2.06 bits per heavy atom. The van der Waals surface area contributed by atoms with Crippen LogP contribution in [0.2, 0.25) is 0 Å². The molecule has 1 aliphatic rings. The minimum atomic E-state index is 0.832. The largest absolute Gasteiger partial charge is 0.453 e. The van der Waals surface area contributed by atoms with Crippen LogP contribution in [0.3, 0.4) is 0 Å². The van der Waals surface area contributed by atoms with Crippen molar-refractivity contribution in [2.75, 3.05) is 11.9 Å². The van der Waals surface area contributed by atoms with Crippen LogP contribution in [-0.2, 0) is 0 Å². The zero-order chi connectivity index (χ0) is 11.5. The van der Waals surface area contributed by atoms with E-state index in [4.69, 9.17) is 4.74 Å². The smallest absolute Gasteiger partial charge is 0.151 e. The first-order chi connectivity index (χ1) is 7.77. The fourth-order valence-corrected chi connectivity index (χ4v) is 1.79. The van der Waals surface area contributed by atoms with Crippen molar-refractivity contribution < 1.29 is 4.74 Å². The molecule has 0 N–H and O–H groups in total. The van der Waals surface area contributed by atoms with Crippen molar-refractivity contribution in [3.05, 3.63) is 60.5 Å². The Kier molecular flexibility index (Phi) is 2.82. The molecule has 0 aliphatic carbocycles. The number of likely N-dealkylation sites (N-methyl/N-ethyl adjacent to an activating group) is 1. The van der Waals surface area contributed by atoms with Gasteiger partial charge in [-0.1, -0.05) is 24.8 Å². The molecule has 1 aromatic carbocycles. The van der Waals surface area contributed by atoms with Crippen molar-refractivity contribution in [3.63, 3.8) is 0 Å². The first-order valence-corrected chi connectivity index (χ1v) is 5.28. The summed E-state index contributed by atoms with van der Waals surface area (Å²) >= 11 is 0. The fourth-order valence-electron chi connectivity index (χ4n) is 1.79. The minimum absolute atomic E-state index is 0.832. The summed E-state index contributed by atoms with van der Waals surface area (Å²) in [7, 11) is 2.02. The van der Waals surface area contributed by atoms with E-state index < -0.39 is 0 Å². The molecular weight excluding hydrogens is 198 g/mol. The monoisotopic (exact) mass is 213 g/mol. The Balaban J connectivity index is 2.52. The lowest BCUT2D eigenvalue weighted by molar-refractivity contribution is 0.429. The molecule has 0 amide bonds. The van der Waals surface area contributed by atoms with Gasteiger partial charge >= 0.3 is 0 Å². The topological polar surface area (TPSA) is 12.5 Å². The van der Waals surface area contributed by atoms with Crippen molar-refractivity contribution in [2.45, 2.75) is 6.92 Å². The molecule has 2 heteroatoms. The number of anilines is 1. The highest BCUT2D eigenvalue weighted by Gasteiger charge is 2.20. The molecule has 1 heterocycles. The molecular formula is C14H15NO. The molecule has 2 nitrogen and oxygen atoms in total. The van der Waals surface area contributed by atoms with Gasteiger partial charge in [-0.25, -0.2) is 0 Å². The molecule has 1 aliphatic heterocycles. The van der Waals surface area contributed by atoms with Crippen LogP contribution in [0.5, 0.6) is 5.75 Å². The van der Waals surface area contributed by atoms with Gasteiger partial charge in [0.15, 0.2) is 11.5 Å². The van der Waals surface area contributed by atoms with Gasteiger partial charge in [-0.15, -0.1) is 0 Å². The number of rotatable bonds is 2. The molecule has 0 unspecified atom stereocenters. The summed E-state index contributed by atoms with van der Waals surface area (Å²) in [5.74, 6) is 1.71. The quantitative estimate of drug-likeness (QED) is 0.745. The molecule has 0 fully saturated rings. The van der Waals surface area contributed by atoms with E-state index in [0.717, 1.165) is 22.9 Å². The molecule has 2 rings (SSSR count). The molecule has 0 radical (unpaired) electrons. The summed E-state index contributed by atoms with van der Waals surface area (Å²) in [6, 6.07) is 7.97. The second-order valence-electron chi connectivity index (χ2n) is 3.58. The van der Waals surface area contributed by atoms with E-state index in [1.165, 1.54) is 0 Å². The van der Waals surface area contributed by atoms with Gasteiger partial charge in [0.25, 0.3) is 0 Å². The van der Waals surface area contributed by atoms with Crippen molar-refractivity contribution in [1.82, 2.24) is 0 Å². The van der Waals surface area contributed by atoms with Crippen LogP contribution in [0.4, 0.5) is 5.69 Å². The molecule has 1 aromatic rings. The average molecular weight is 213 g/mol. The molecule has 16 heavy (non-hydrogen) atoms. The number of para-hydroxylation sites is 2. The predicted octanol–water partition coefficient (Wildman–Crippen LogP) is 3.49. The Morgan fingerprint density at radius 1 is 1.31 bits per heavy atom. The average Bonchev–Trinajstić information content (AvgIpc) is 2.30. The molecule has 0 saturated heterocycles. The van der Waals surface area contributed by atoms with Crippen LogP contribution < -0.4 is 9.64 Å². The number of hydrogen-bond donors (Lipinski definition) is 0. The summed E-state index contributed by atoms with van der Waals surface area (Å²) in [6.45, 7) is 5.80.